The van der Waals surface area contributed by atoms with E-state index in [-0.39, 0.29) is 24.3 Å². The number of anilines is 1. The van der Waals surface area contributed by atoms with Gasteiger partial charge in [0.1, 0.15) is 10.6 Å². The molecule has 2 N–H and O–H groups in total. The number of thiophene rings is 1. The first kappa shape index (κ1) is 22.5. The second kappa shape index (κ2) is 8.70. The van der Waals surface area contributed by atoms with Crippen molar-refractivity contribution >= 4 is 34.2 Å². The molecule has 1 heterocycles. The van der Waals surface area contributed by atoms with Gasteiger partial charge >= 0.3 is 11.9 Å². The predicted octanol–water partition coefficient (Wildman–Crippen LogP) is 5.20. The van der Waals surface area contributed by atoms with Crippen LogP contribution in [0.2, 0.25) is 0 Å². The smallest absolute Gasteiger partial charge is 0.341 e. The van der Waals surface area contributed by atoms with E-state index < -0.39 is 23.8 Å². The van der Waals surface area contributed by atoms with E-state index in [0.29, 0.717) is 10.6 Å². The highest BCUT2D eigenvalue weighted by Gasteiger charge is 2.54. The van der Waals surface area contributed by atoms with Gasteiger partial charge in [0.15, 0.2) is 0 Å². The Kier molecular flexibility index (Phi) is 6.12. The van der Waals surface area contributed by atoms with Gasteiger partial charge in [0.2, 0.25) is 5.91 Å². The van der Waals surface area contributed by atoms with Gasteiger partial charge in [-0.15, -0.1) is 11.3 Å². The number of ether oxygens (including phenoxy) is 1. The average molecular weight is 456 g/mol. The number of benzene rings is 1. The number of carboxylic acid groups (broad SMARTS) is 1. The fourth-order valence-electron chi connectivity index (χ4n) is 5.49. The molecule has 170 valence electrons. The van der Waals surface area contributed by atoms with Crippen molar-refractivity contribution in [3.05, 3.63) is 39.8 Å². The molecule has 0 spiro atoms. The Labute approximate surface area is 192 Å². The van der Waals surface area contributed by atoms with Crippen LogP contribution in [0.1, 0.15) is 52.5 Å². The van der Waals surface area contributed by atoms with Crippen LogP contribution >= 0.6 is 11.3 Å². The number of carbonyl (C=O) groups excluding carboxylic acids is 2. The molecule has 4 atom stereocenters. The largest absolute Gasteiger partial charge is 0.481 e. The number of aliphatic carboxylic acids is 1. The van der Waals surface area contributed by atoms with Crippen molar-refractivity contribution in [2.75, 3.05) is 11.9 Å². The zero-order chi connectivity index (χ0) is 23.2. The number of hydrogen-bond donors (Lipinski definition) is 2. The number of hydrogen-bond acceptors (Lipinski definition) is 5. The molecule has 7 heteroatoms. The average Bonchev–Trinajstić information content (AvgIpc) is 3.43. The molecule has 0 radical (unpaired) electrons. The second-order valence-electron chi connectivity index (χ2n) is 8.97. The van der Waals surface area contributed by atoms with E-state index in [9.17, 15) is 19.5 Å². The van der Waals surface area contributed by atoms with E-state index in [4.69, 9.17) is 4.74 Å². The summed E-state index contributed by atoms with van der Waals surface area (Å²) in [6.45, 7) is 7.95. The van der Waals surface area contributed by atoms with Crippen molar-refractivity contribution < 1.29 is 24.2 Å². The van der Waals surface area contributed by atoms with Gasteiger partial charge in [-0.25, -0.2) is 4.79 Å². The first-order valence-corrected chi connectivity index (χ1v) is 12.0. The summed E-state index contributed by atoms with van der Waals surface area (Å²) in [5.41, 5.74) is 4.27. The molecule has 4 rings (SSSR count). The second-order valence-corrected chi connectivity index (χ2v) is 10.2. The first-order valence-electron chi connectivity index (χ1n) is 11.1. The van der Waals surface area contributed by atoms with E-state index in [1.54, 1.807) is 6.92 Å². The van der Waals surface area contributed by atoms with Crippen molar-refractivity contribution in [1.29, 1.82) is 0 Å². The molecule has 1 aromatic heterocycles. The van der Waals surface area contributed by atoms with Gasteiger partial charge in [-0.2, -0.15) is 0 Å². The molecule has 0 aliphatic heterocycles. The monoisotopic (exact) mass is 455 g/mol. The van der Waals surface area contributed by atoms with Gasteiger partial charge in [-0.3, -0.25) is 9.59 Å². The number of esters is 1. The minimum atomic E-state index is -0.902. The predicted molar refractivity (Wildman–Crippen MR) is 124 cm³/mol. The molecule has 6 nitrogen and oxygen atoms in total. The molecule has 32 heavy (non-hydrogen) atoms. The van der Waals surface area contributed by atoms with Crippen LogP contribution in [0.4, 0.5) is 5.00 Å². The van der Waals surface area contributed by atoms with Crippen molar-refractivity contribution in [2.45, 2.75) is 47.0 Å². The third kappa shape index (κ3) is 3.83. The number of rotatable bonds is 6. The van der Waals surface area contributed by atoms with Gasteiger partial charge in [0, 0.05) is 10.4 Å². The van der Waals surface area contributed by atoms with E-state index in [1.807, 2.05) is 39.0 Å². The highest BCUT2D eigenvalue weighted by molar-refractivity contribution is 7.17. The van der Waals surface area contributed by atoms with Crippen molar-refractivity contribution in [3.8, 4) is 11.1 Å². The van der Waals surface area contributed by atoms with Crippen LogP contribution in [0, 0.1) is 44.4 Å². The number of aryl methyl sites for hydroxylation is 3. The lowest BCUT2D eigenvalue weighted by molar-refractivity contribution is -0.148. The van der Waals surface area contributed by atoms with E-state index in [0.717, 1.165) is 46.4 Å². The Bertz CT molecular complexity index is 1090. The lowest BCUT2D eigenvalue weighted by Crippen LogP contribution is -2.37. The summed E-state index contributed by atoms with van der Waals surface area (Å²) < 4.78 is 5.34. The van der Waals surface area contributed by atoms with Gasteiger partial charge in [-0.05, 0) is 75.5 Å². The number of fused-ring (bicyclic) bond motifs is 2. The van der Waals surface area contributed by atoms with Crippen molar-refractivity contribution in [1.82, 2.24) is 0 Å². The topological polar surface area (TPSA) is 92.7 Å². The zero-order valence-electron chi connectivity index (χ0n) is 18.9. The first-order chi connectivity index (χ1) is 15.2. The molecular formula is C25H29NO5S. The maximum Gasteiger partial charge on any atom is 0.341 e. The van der Waals surface area contributed by atoms with Gasteiger partial charge in [0.05, 0.1) is 18.4 Å². The Morgan fingerprint density at radius 3 is 2.41 bits per heavy atom. The number of carbonyl (C=O) groups is 3. The Hall–Kier alpha value is -2.67. The zero-order valence-corrected chi connectivity index (χ0v) is 19.7. The third-order valence-electron chi connectivity index (χ3n) is 7.10. The van der Waals surface area contributed by atoms with Gasteiger partial charge < -0.3 is 15.2 Å². The highest BCUT2D eigenvalue weighted by atomic mass is 32.1. The Balaban J connectivity index is 1.72. The van der Waals surface area contributed by atoms with Crippen LogP contribution in [-0.4, -0.2) is 29.6 Å². The molecule has 0 saturated heterocycles. The number of nitrogens with one attached hydrogen (secondary N) is 1. The molecule has 2 aliphatic carbocycles. The summed E-state index contributed by atoms with van der Waals surface area (Å²) in [6, 6.07) is 6.03. The standard InChI is InChI=1S/C25H29NO5S/c1-5-31-25(30)21-18(15-7-6-12(2)13(3)10-15)14(4)32-23(21)26-22(27)19-16-8-9-17(11-16)20(19)24(28)29/h6-7,10,16-17,19-20H,5,8-9,11H2,1-4H3,(H,26,27)(H,28,29)/t16-,17-,19+,20-/m0/s1. The summed E-state index contributed by atoms with van der Waals surface area (Å²) in [5.74, 6) is -2.75. The van der Waals surface area contributed by atoms with Gasteiger partial charge in [0.25, 0.3) is 0 Å². The lowest BCUT2D eigenvalue weighted by atomic mass is 9.78. The molecule has 2 fully saturated rings. The molecule has 1 amide bonds. The molecule has 1 aromatic carbocycles. The molecule has 2 aliphatic rings. The number of carboxylic acids is 1. The van der Waals surface area contributed by atoms with Crippen LogP contribution in [0.5, 0.6) is 0 Å². The summed E-state index contributed by atoms with van der Waals surface area (Å²) in [7, 11) is 0. The van der Waals surface area contributed by atoms with Crippen LogP contribution in [0.3, 0.4) is 0 Å². The lowest BCUT2D eigenvalue weighted by Gasteiger charge is -2.27. The van der Waals surface area contributed by atoms with Gasteiger partial charge in [-0.1, -0.05) is 18.2 Å². The molecule has 0 unspecified atom stereocenters. The Morgan fingerprint density at radius 2 is 1.78 bits per heavy atom. The fourth-order valence-corrected chi connectivity index (χ4v) is 6.56. The van der Waals surface area contributed by atoms with Crippen molar-refractivity contribution in [3.63, 3.8) is 0 Å². The third-order valence-corrected chi connectivity index (χ3v) is 8.12. The van der Waals surface area contributed by atoms with E-state index >= 15 is 0 Å². The molecule has 2 bridgehead atoms. The summed E-state index contributed by atoms with van der Waals surface area (Å²) in [4.78, 5) is 39.0. The molecule has 2 aromatic rings. The van der Waals surface area contributed by atoms with Crippen LogP contribution in [-0.2, 0) is 14.3 Å². The molecular weight excluding hydrogens is 426 g/mol. The normalized spacial score (nSPS) is 23.9. The minimum absolute atomic E-state index is 0.0638. The van der Waals surface area contributed by atoms with Crippen LogP contribution in [0.15, 0.2) is 18.2 Å². The fraction of sp³-hybridized carbons (Fsp3) is 0.480. The summed E-state index contributed by atoms with van der Waals surface area (Å²) in [5, 5.41) is 13.1. The minimum Gasteiger partial charge on any atom is -0.481 e. The summed E-state index contributed by atoms with van der Waals surface area (Å²) in [6.07, 6.45) is 2.54. The van der Waals surface area contributed by atoms with Crippen LogP contribution < -0.4 is 5.32 Å². The Morgan fingerprint density at radius 1 is 1.09 bits per heavy atom. The molecule has 2 saturated carbocycles. The summed E-state index contributed by atoms with van der Waals surface area (Å²) >= 11 is 1.34. The SMILES string of the molecule is CCOC(=O)c1c(NC(=O)[C@@H]2[C@H]3CC[C@@H](C3)[C@@H]2C(=O)O)sc(C)c1-c1ccc(C)c(C)c1. The quantitative estimate of drug-likeness (QED) is 0.584. The van der Waals surface area contributed by atoms with E-state index in [1.165, 1.54) is 11.3 Å². The van der Waals surface area contributed by atoms with E-state index in [2.05, 4.69) is 5.32 Å². The van der Waals surface area contributed by atoms with Crippen molar-refractivity contribution in [2.24, 2.45) is 23.7 Å². The van der Waals surface area contributed by atoms with Crippen LogP contribution in [0.25, 0.3) is 11.1 Å². The maximum absolute atomic E-state index is 13.3. The highest BCUT2D eigenvalue weighted by Crippen LogP contribution is 2.53. The number of amides is 1. The maximum atomic E-state index is 13.3.